The molecule has 1 aromatic rings. The van der Waals surface area contributed by atoms with Crippen LogP contribution < -0.4 is 5.73 Å². The molecule has 0 aromatic carbocycles. The molecule has 12 heavy (non-hydrogen) atoms. The van der Waals surface area contributed by atoms with Crippen LogP contribution in [0.25, 0.3) is 0 Å². The van der Waals surface area contributed by atoms with Crippen LogP contribution in [0.1, 0.15) is 18.7 Å². The third kappa shape index (κ3) is 2.83. The third-order valence-corrected chi connectivity index (χ3v) is 2.27. The molecule has 0 saturated heterocycles. The first kappa shape index (κ1) is 9.54. The zero-order valence-corrected chi connectivity index (χ0v) is 7.93. The minimum Gasteiger partial charge on any atom is -0.424 e. The molecule has 0 amide bonds. The summed E-state index contributed by atoms with van der Waals surface area (Å²) in [6.07, 6.45) is 0.800. The van der Waals surface area contributed by atoms with Crippen molar-refractivity contribution >= 4 is 11.8 Å². The molecule has 0 bridgehead atoms. The molecule has 5 heteroatoms. The van der Waals surface area contributed by atoms with E-state index in [1.807, 2.05) is 6.92 Å². The average molecular weight is 187 g/mol. The molecule has 0 aliphatic carbocycles. The molecule has 1 aromatic heterocycles. The quantitative estimate of drug-likeness (QED) is 0.691. The lowest BCUT2D eigenvalue weighted by molar-refractivity contribution is 0.470. The number of hydrogen-bond acceptors (Lipinski definition) is 5. The first-order valence-electron chi connectivity index (χ1n) is 3.96. The van der Waals surface area contributed by atoms with E-state index >= 15 is 0 Å². The van der Waals surface area contributed by atoms with Crippen molar-refractivity contribution in [3.8, 4) is 0 Å². The Hall–Kier alpha value is -0.550. The topological polar surface area (TPSA) is 64.9 Å². The zero-order chi connectivity index (χ0) is 8.81. The van der Waals surface area contributed by atoms with Crippen LogP contribution in [-0.4, -0.2) is 22.5 Å². The summed E-state index contributed by atoms with van der Waals surface area (Å²) in [6.45, 7) is 2.68. The molecule has 0 aliphatic heterocycles. The van der Waals surface area contributed by atoms with Gasteiger partial charge in [-0.2, -0.15) is 11.8 Å². The van der Waals surface area contributed by atoms with Crippen molar-refractivity contribution in [2.24, 2.45) is 5.73 Å². The fourth-order valence-electron chi connectivity index (χ4n) is 0.732. The minimum absolute atomic E-state index is 0.694. The van der Waals surface area contributed by atoms with E-state index in [9.17, 15) is 0 Å². The molecule has 68 valence electrons. The predicted octanol–water partition coefficient (Wildman–Crippen LogP) is 0.824. The smallest absolute Gasteiger partial charge is 0.226 e. The van der Waals surface area contributed by atoms with Gasteiger partial charge in [-0.15, -0.1) is 10.2 Å². The second kappa shape index (κ2) is 5.16. The summed E-state index contributed by atoms with van der Waals surface area (Å²) in [4.78, 5) is 0. The number of rotatable bonds is 5. The van der Waals surface area contributed by atoms with E-state index in [4.69, 9.17) is 10.2 Å². The Balaban J connectivity index is 2.31. The number of nitrogens with zero attached hydrogens (tertiary/aromatic N) is 2. The molecule has 1 heterocycles. The molecular formula is C7H13N3OS. The maximum atomic E-state index is 5.34. The fraction of sp³-hybridized carbons (Fsp3) is 0.714. The average Bonchev–Trinajstić information content (AvgIpc) is 2.53. The Bertz CT molecular complexity index is 226. The molecule has 0 radical (unpaired) electrons. The lowest BCUT2D eigenvalue weighted by Crippen LogP contribution is -2.01. The fourth-order valence-corrected chi connectivity index (χ4v) is 1.33. The van der Waals surface area contributed by atoms with Crippen LogP contribution in [0.3, 0.4) is 0 Å². The van der Waals surface area contributed by atoms with Crippen molar-refractivity contribution in [1.82, 2.24) is 10.2 Å². The van der Waals surface area contributed by atoms with Gasteiger partial charge in [0.1, 0.15) is 0 Å². The van der Waals surface area contributed by atoms with Gasteiger partial charge in [0.25, 0.3) is 0 Å². The molecule has 2 N–H and O–H groups in total. The van der Waals surface area contributed by atoms with Gasteiger partial charge in [-0.3, -0.25) is 0 Å². The van der Waals surface area contributed by atoms with E-state index in [1.54, 1.807) is 11.8 Å². The third-order valence-electron chi connectivity index (χ3n) is 1.30. The first-order valence-corrected chi connectivity index (χ1v) is 5.11. The largest absolute Gasteiger partial charge is 0.424 e. The molecule has 0 aliphatic rings. The van der Waals surface area contributed by atoms with E-state index in [-0.39, 0.29) is 0 Å². The number of nitrogens with two attached hydrogens (primary N) is 1. The van der Waals surface area contributed by atoms with Gasteiger partial charge in [0.2, 0.25) is 11.8 Å². The summed E-state index contributed by atoms with van der Waals surface area (Å²) in [5.41, 5.74) is 5.34. The highest BCUT2D eigenvalue weighted by molar-refractivity contribution is 7.98. The standard InChI is InChI=1S/C7H13N3OS/c1-2-6-9-10-7(11-6)5-12-4-3-8/h2-5,8H2,1H3. The molecule has 1 rings (SSSR count). The van der Waals surface area contributed by atoms with E-state index in [1.165, 1.54) is 0 Å². The highest BCUT2D eigenvalue weighted by atomic mass is 32.2. The Morgan fingerprint density at radius 2 is 2.17 bits per heavy atom. The summed E-state index contributed by atoms with van der Waals surface area (Å²) >= 11 is 1.71. The Morgan fingerprint density at radius 1 is 1.42 bits per heavy atom. The van der Waals surface area contributed by atoms with Gasteiger partial charge < -0.3 is 10.2 Å². The Morgan fingerprint density at radius 3 is 2.75 bits per heavy atom. The zero-order valence-electron chi connectivity index (χ0n) is 7.12. The lowest BCUT2D eigenvalue weighted by Gasteiger charge is -1.92. The maximum Gasteiger partial charge on any atom is 0.226 e. The molecule has 4 nitrogen and oxygen atoms in total. The van der Waals surface area contributed by atoms with Gasteiger partial charge in [-0.25, -0.2) is 0 Å². The Labute approximate surface area is 75.9 Å². The van der Waals surface area contributed by atoms with Crippen LogP contribution in [0.4, 0.5) is 0 Å². The molecule has 0 spiro atoms. The van der Waals surface area contributed by atoms with Gasteiger partial charge in [0.05, 0.1) is 5.75 Å². The number of aromatic nitrogens is 2. The van der Waals surface area contributed by atoms with Gasteiger partial charge in [-0.1, -0.05) is 6.92 Å². The van der Waals surface area contributed by atoms with Crippen LogP contribution >= 0.6 is 11.8 Å². The summed E-state index contributed by atoms with van der Waals surface area (Å²) in [5.74, 6) is 3.11. The van der Waals surface area contributed by atoms with Gasteiger partial charge in [-0.05, 0) is 0 Å². The number of thioether (sulfide) groups is 1. The van der Waals surface area contributed by atoms with Crippen LogP contribution in [0.5, 0.6) is 0 Å². The van der Waals surface area contributed by atoms with Gasteiger partial charge in [0, 0.05) is 18.7 Å². The van der Waals surface area contributed by atoms with Crippen molar-refractivity contribution in [1.29, 1.82) is 0 Å². The second-order valence-corrected chi connectivity index (χ2v) is 3.39. The number of hydrogen-bond donors (Lipinski definition) is 1. The Kier molecular flexibility index (Phi) is 4.10. The molecule has 0 saturated carbocycles. The summed E-state index contributed by atoms with van der Waals surface area (Å²) in [5, 5.41) is 7.73. The molecule has 0 atom stereocenters. The summed E-state index contributed by atoms with van der Waals surface area (Å²) in [7, 11) is 0. The van der Waals surface area contributed by atoms with Crippen LogP contribution in [0.2, 0.25) is 0 Å². The highest BCUT2D eigenvalue weighted by Crippen LogP contribution is 2.09. The first-order chi connectivity index (χ1) is 5.86. The molecule has 0 fully saturated rings. The number of aryl methyl sites for hydroxylation is 1. The monoisotopic (exact) mass is 187 g/mol. The van der Waals surface area contributed by atoms with Crippen LogP contribution in [0, 0.1) is 0 Å². The van der Waals surface area contributed by atoms with E-state index in [0.717, 1.165) is 17.9 Å². The van der Waals surface area contributed by atoms with Gasteiger partial charge in [0.15, 0.2) is 0 Å². The predicted molar refractivity (Wildman–Crippen MR) is 48.9 cm³/mol. The van der Waals surface area contributed by atoms with E-state index in [0.29, 0.717) is 18.3 Å². The summed E-state index contributed by atoms with van der Waals surface area (Å²) in [6, 6.07) is 0. The summed E-state index contributed by atoms with van der Waals surface area (Å²) < 4.78 is 5.30. The van der Waals surface area contributed by atoms with Gasteiger partial charge >= 0.3 is 0 Å². The van der Waals surface area contributed by atoms with Crippen LogP contribution in [-0.2, 0) is 12.2 Å². The maximum absolute atomic E-state index is 5.34. The highest BCUT2D eigenvalue weighted by Gasteiger charge is 2.02. The SMILES string of the molecule is CCc1nnc(CSCCN)o1. The van der Waals surface area contributed by atoms with Crippen molar-refractivity contribution in [2.75, 3.05) is 12.3 Å². The van der Waals surface area contributed by atoms with Crippen molar-refractivity contribution in [3.05, 3.63) is 11.8 Å². The van der Waals surface area contributed by atoms with Crippen LogP contribution in [0.15, 0.2) is 4.42 Å². The normalized spacial score (nSPS) is 10.5. The minimum atomic E-state index is 0.694. The van der Waals surface area contributed by atoms with Crippen molar-refractivity contribution in [3.63, 3.8) is 0 Å². The lowest BCUT2D eigenvalue weighted by atomic mass is 10.5. The van der Waals surface area contributed by atoms with E-state index < -0.39 is 0 Å². The van der Waals surface area contributed by atoms with E-state index in [2.05, 4.69) is 10.2 Å². The molecular weight excluding hydrogens is 174 g/mol. The van der Waals surface area contributed by atoms with Crippen molar-refractivity contribution < 1.29 is 4.42 Å². The second-order valence-electron chi connectivity index (χ2n) is 2.28. The van der Waals surface area contributed by atoms with Crippen molar-refractivity contribution in [2.45, 2.75) is 19.1 Å². The molecule has 0 unspecified atom stereocenters.